The summed E-state index contributed by atoms with van der Waals surface area (Å²) in [6.45, 7) is 8.75. The molecule has 0 aliphatic carbocycles. The van der Waals surface area contributed by atoms with Gasteiger partial charge in [0.2, 0.25) is 0 Å². The first-order chi connectivity index (χ1) is 14.0. The van der Waals surface area contributed by atoms with E-state index in [1.165, 1.54) is 0 Å². The Labute approximate surface area is 170 Å². The molecule has 1 aromatic heterocycles. The van der Waals surface area contributed by atoms with Gasteiger partial charge in [-0.3, -0.25) is 5.32 Å². The van der Waals surface area contributed by atoms with E-state index in [0.717, 1.165) is 27.9 Å². The number of rotatable bonds is 6. The lowest BCUT2D eigenvalue weighted by Gasteiger charge is -2.12. The molecule has 6 heteroatoms. The highest BCUT2D eigenvalue weighted by atomic mass is 16.5. The lowest BCUT2D eigenvalue weighted by atomic mass is 10.1. The molecule has 2 aromatic carbocycles. The molecule has 0 aliphatic heterocycles. The maximum absolute atomic E-state index is 11.8. The third-order valence-electron chi connectivity index (χ3n) is 4.49. The number of nitrogens with zero attached hydrogens (tertiary/aromatic N) is 2. The second kappa shape index (κ2) is 8.70. The zero-order valence-corrected chi connectivity index (χ0v) is 17.2. The quantitative estimate of drug-likeness (QED) is 0.597. The van der Waals surface area contributed by atoms with Crippen LogP contribution in [0.3, 0.4) is 0 Å². The summed E-state index contributed by atoms with van der Waals surface area (Å²) in [5.74, 6) is 0.772. The second-order valence-corrected chi connectivity index (χ2v) is 6.85. The number of anilines is 1. The van der Waals surface area contributed by atoms with Gasteiger partial charge in [0.05, 0.1) is 29.5 Å². The Hall–Kier alpha value is -3.46. The van der Waals surface area contributed by atoms with Crippen LogP contribution in [0.1, 0.15) is 33.3 Å². The van der Waals surface area contributed by atoms with Gasteiger partial charge in [-0.1, -0.05) is 12.1 Å². The van der Waals surface area contributed by atoms with E-state index in [4.69, 9.17) is 9.47 Å². The number of amides is 1. The Kier molecular flexibility index (Phi) is 6.08. The Bertz CT molecular complexity index is 1080. The zero-order valence-electron chi connectivity index (χ0n) is 17.2. The van der Waals surface area contributed by atoms with Gasteiger partial charge in [0.1, 0.15) is 11.8 Å². The smallest absolute Gasteiger partial charge is 0.411 e. The number of carbonyl (C=O) groups is 1. The number of ether oxygens (including phenoxy) is 2. The molecule has 0 saturated carbocycles. The van der Waals surface area contributed by atoms with E-state index in [1.807, 2.05) is 57.2 Å². The van der Waals surface area contributed by atoms with Crippen molar-refractivity contribution in [2.75, 3.05) is 11.9 Å². The number of carbonyl (C=O) groups excluding carboxylic acids is 1. The molecule has 6 nitrogen and oxygen atoms in total. The minimum atomic E-state index is -0.503. The minimum absolute atomic E-state index is 0.0676. The van der Waals surface area contributed by atoms with Crippen molar-refractivity contribution >= 4 is 22.7 Å². The van der Waals surface area contributed by atoms with E-state index in [-0.39, 0.29) is 6.10 Å². The van der Waals surface area contributed by atoms with Crippen LogP contribution in [-0.4, -0.2) is 23.4 Å². The van der Waals surface area contributed by atoms with Crippen molar-refractivity contribution in [3.63, 3.8) is 0 Å². The lowest BCUT2D eigenvalue weighted by Crippen LogP contribution is -2.13. The Morgan fingerprint density at radius 1 is 1.21 bits per heavy atom. The number of benzene rings is 2. The lowest BCUT2D eigenvalue weighted by molar-refractivity contribution is 0.168. The predicted molar refractivity (Wildman–Crippen MR) is 114 cm³/mol. The fraction of sp³-hybridized carbons (Fsp3) is 0.304. The highest BCUT2D eigenvalue weighted by Crippen LogP contribution is 2.36. The SMILES string of the molecule is CCOC(=O)Nc1cccc(-c2c(C#N)c3ccc(OC(C)C)cc3n2CC)c1. The van der Waals surface area contributed by atoms with Crippen molar-refractivity contribution in [3.05, 3.63) is 48.0 Å². The molecule has 0 atom stereocenters. The topological polar surface area (TPSA) is 76.3 Å². The first kappa shape index (κ1) is 20.3. The molecule has 3 rings (SSSR count). The number of nitrogens with one attached hydrogen (secondary N) is 1. The minimum Gasteiger partial charge on any atom is -0.491 e. The molecule has 0 bridgehead atoms. The molecule has 0 fully saturated rings. The van der Waals surface area contributed by atoms with E-state index in [2.05, 4.69) is 16.0 Å². The monoisotopic (exact) mass is 391 g/mol. The van der Waals surface area contributed by atoms with Gasteiger partial charge in [0.25, 0.3) is 0 Å². The molecule has 150 valence electrons. The van der Waals surface area contributed by atoms with Crippen LogP contribution in [-0.2, 0) is 11.3 Å². The van der Waals surface area contributed by atoms with Gasteiger partial charge >= 0.3 is 6.09 Å². The number of aryl methyl sites for hydroxylation is 1. The first-order valence-electron chi connectivity index (χ1n) is 9.75. The normalized spacial score (nSPS) is 10.8. The first-order valence-corrected chi connectivity index (χ1v) is 9.75. The predicted octanol–water partition coefficient (Wildman–Crippen LogP) is 5.56. The third kappa shape index (κ3) is 4.19. The van der Waals surface area contributed by atoms with Crippen LogP contribution in [0, 0.1) is 11.3 Å². The van der Waals surface area contributed by atoms with Crippen LogP contribution in [0.4, 0.5) is 10.5 Å². The molecular formula is C23H25N3O3. The molecular weight excluding hydrogens is 366 g/mol. The second-order valence-electron chi connectivity index (χ2n) is 6.85. The van der Waals surface area contributed by atoms with Gasteiger partial charge in [-0.05, 0) is 52.0 Å². The van der Waals surface area contributed by atoms with E-state index >= 15 is 0 Å². The van der Waals surface area contributed by atoms with E-state index in [9.17, 15) is 10.1 Å². The van der Waals surface area contributed by atoms with Gasteiger partial charge < -0.3 is 14.0 Å². The summed E-state index contributed by atoms with van der Waals surface area (Å²) in [5.41, 5.74) is 3.83. The highest BCUT2D eigenvalue weighted by Gasteiger charge is 2.19. The van der Waals surface area contributed by atoms with Crippen LogP contribution >= 0.6 is 0 Å². The van der Waals surface area contributed by atoms with Gasteiger partial charge in [-0.15, -0.1) is 0 Å². The molecule has 1 N–H and O–H groups in total. The van der Waals surface area contributed by atoms with E-state index in [1.54, 1.807) is 13.0 Å². The molecule has 0 saturated heterocycles. The summed E-state index contributed by atoms with van der Waals surface area (Å²) in [4.78, 5) is 11.8. The molecule has 0 aliphatic rings. The number of aromatic nitrogens is 1. The van der Waals surface area contributed by atoms with E-state index in [0.29, 0.717) is 24.4 Å². The number of hydrogen-bond acceptors (Lipinski definition) is 4. The molecule has 1 heterocycles. The largest absolute Gasteiger partial charge is 0.491 e. The molecule has 29 heavy (non-hydrogen) atoms. The molecule has 0 radical (unpaired) electrons. The van der Waals surface area contributed by atoms with Gasteiger partial charge in [-0.25, -0.2) is 4.79 Å². The zero-order chi connectivity index (χ0) is 21.0. The third-order valence-corrected chi connectivity index (χ3v) is 4.49. The summed E-state index contributed by atoms with van der Waals surface area (Å²) in [6.07, 6.45) is -0.435. The van der Waals surface area contributed by atoms with Crippen molar-refractivity contribution in [3.8, 4) is 23.1 Å². The summed E-state index contributed by atoms with van der Waals surface area (Å²) in [5, 5.41) is 13.5. The maximum atomic E-state index is 11.8. The van der Waals surface area contributed by atoms with Crippen molar-refractivity contribution in [1.82, 2.24) is 4.57 Å². The Morgan fingerprint density at radius 2 is 2.00 bits per heavy atom. The molecule has 1 amide bonds. The van der Waals surface area contributed by atoms with Crippen molar-refractivity contribution in [2.24, 2.45) is 0 Å². The van der Waals surface area contributed by atoms with Crippen molar-refractivity contribution < 1.29 is 14.3 Å². The van der Waals surface area contributed by atoms with Crippen LogP contribution in [0.2, 0.25) is 0 Å². The fourth-order valence-electron chi connectivity index (χ4n) is 3.45. The fourth-order valence-corrected chi connectivity index (χ4v) is 3.45. The molecule has 0 spiro atoms. The van der Waals surface area contributed by atoms with E-state index < -0.39 is 6.09 Å². The van der Waals surface area contributed by atoms with Crippen LogP contribution in [0.5, 0.6) is 5.75 Å². The van der Waals surface area contributed by atoms with Crippen LogP contribution in [0.25, 0.3) is 22.2 Å². The highest BCUT2D eigenvalue weighted by molar-refractivity contribution is 5.96. The van der Waals surface area contributed by atoms with Crippen molar-refractivity contribution in [1.29, 1.82) is 5.26 Å². The van der Waals surface area contributed by atoms with Crippen LogP contribution < -0.4 is 10.1 Å². The summed E-state index contributed by atoms with van der Waals surface area (Å²) >= 11 is 0. The summed E-state index contributed by atoms with van der Waals surface area (Å²) in [7, 11) is 0. The Morgan fingerprint density at radius 3 is 2.66 bits per heavy atom. The number of fused-ring (bicyclic) bond motifs is 1. The van der Waals surface area contributed by atoms with Crippen LogP contribution in [0.15, 0.2) is 42.5 Å². The summed E-state index contributed by atoms with van der Waals surface area (Å²) in [6, 6.07) is 15.6. The van der Waals surface area contributed by atoms with Gasteiger partial charge in [-0.2, -0.15) is 5.26 Å². The average molecular weight is 391 g/mol. The Balaban J connectivity index is 2.14. The number of hydrogen-bond donors (Lipinski definition) is 1. The standard InChI is InChI=1S/C23H25N3O3/c1-5-26-21-13-18(29-15(3)4)10-11-19(21)20(14-24)22(26)16-8-7-9-17(12-16)25-23(27)28-6-2/h7-13,15H,5-6H2,1-4H3,(H,25,27). The maximum Gasteiger partial charge on any atom is 0.411 e. The average Bonchev–Trinajstić information content (AvgIpc) is 3.00. The number of nitriles is 1. The molecule has 0 unspecified atom stereocenters. The van der Waals surface area contributed by atoms with Crippen molar-refractivity contribution in [2.45, 2.75) is 40.3 Å². The molecule has 3 aromatic rings. The van der Waals surface area contributed by atoms with Gasteiger partial charge in [0, 0.05) is 29.2 Å². The summed E-state index contributed by atoms with van der Waals surface area (Å²) < 4.78 is 12.9. The van der Waals surface area contributed by atoms with Gasteiger partial charge in [0.15, 0.2) is 0 Å².